The van der Waals surface area contributed by atoms with Gasteiger partial charge in [-0.05, 0) is 25.2 Å². The molecule has 0 aliphatic carbocycles. The van der Waals surface area contributed by atoms with E-state index >= 15 is 0 Å². The molecule has 0 aliphatic rings. The van der Waals surface area contributed by atoms with Crippen molar-refractivity contribution in [2.45, 2.75) is 13.5 Å². The van der Waals surface area contributed by atoms with Gasteiger partial charge < -0.3 is 0 Å². The number of hydrogen-bond acceptors (Lipinski definition) is 3. The third-order valence-electron chi connectivity index (χ3n) is 1.42. The van der Waals surface area contributed by atoms with E-state index in [0.717, 1.165) is 12.2 Å². The zero-order valence-corrected chi connectivity index (χ0v) is 7.14. The van der Waals surface area contributed by atoms with Crippen molar-refractivity contribution >= 4 is 17.4 Å². The summed E-state index contributed by atoms with van der Waals surface area (Å²) < 4.78 is 1.89. The van der Waals surface area contributed by atoms with Crippen molar-refractivity contribution in [2.75, 3.05) is 6.54 Å². The topological polar surface area (TPSA) is 30.2 Å². The highest BCUT2D eigenvalue weighted by Gasteiger charge is 1.93. The van der Waals surface area contributed by atoms with E-state index in [1.165, 1.54) is 0 Å². The van der Waals surface area contributed by atoms with Crippen molar-refractivity contribution in [3.8, 4) is 0 Å². The highest BCUT2D eigenvalue weighted by molar-refractivity contribution is 7.78. The highest BCUT2D eigenvalue weighted by atomic mass is 32.1. The number of aryl methyl sites for hydroxylation is 1. The fraction of sp³-hybridized carbons (Fsp3) is 0.429. The van der Waals surface area contributed by atoms with E-state index in [2.05, 4.69) is 27.5 Å². The van der Waals surface area contributed by atoms with E-state index < -0.39 is 0 Å². The van der Waals surface area contributed by atoms with E-state index in [1.807, 2.05) is 17.7 Å². The summed E-state index contributed by atoms with van der Waals surface area (Å²) >= 11 is 4.43. The molecule has 0 radical (unpaired) electrons. The Balaban J connectivity index is 2.50. The molecule has 0 aromatic carbocycles. The van der Waals surface area contributed by atoms with Gasteiger partial charge in [-0.3, -0.25) is 4.68 Å². The predicted molar refractivity (Wildman–Crippen MR) is 46.9 cm³/mol. The molecule has 0 saturated carbocycles. The molecule has 0 N–H and O–H groups in total. The fourth-order valence-electron chi connectivity index (χ4n) is 0.823. The molecule has 0 fully saturated rings. The summed E-state index contributed by atoms with van der Waals surface area (Å²) in [5.41, 5.74) is 1.14. The Bertz CT molecular complexity index is 273. The molecule has 0 amide bonds. The van der Waals surface area contributed by atoms with Crippen LogP contribution in [0, 0.1) is 6.92 Å². The summed E-state index contributed by atoms with van der Waals surface area (Å²) in [6.45, 7) is 3.45. The number of thiocarbonyl (C=S) groups is 1. The molecule has 0 saturated heterocycles. The van der Waals surface area contributed by atoms with Gasteiger partial charge in [0.15, 0.2) is 0 Å². The molecule has 1 aromatic heterocycles. The standard InChI is InChI=1S/C7H9N3S/c1-7-2-3-9-10(7)5-4-8-6-11/h2-3H,4-5H2,1H3. The number of hydrogen-bond donors (Lipinski definition) is 0. The van der Waals surface area contributed by atoms with Crippen molar-refractivity contribution in [1.29, 1.82) is 0 Å². The molecule has 1 heterocycles. The summed E-state index contributed by atoms with van der Waals surface area (Å²) in [4.78, 5) is 3.79. The van der Waals surface area contributed by atoms with Gasteiger partial charge in [0.25, 0.3) is 0 Å². The van der Waals surface area contributed by atoms with Gasteiger partial charge in [0.05, 0.1) is 18.3 Å². The molecular weight excluding hydrogens is 158 g/mol. The van der Waals surface area contributed by atoms with Crippen LogP contribution in [-0.2, 0) is 6.54 Å². The van der Waals surface area contributed by atoms with Crippen LogP contribution in [0.1, 0.15) is 5.69 Å². The second-order valence-electron chi connectivity index (χ2n) is 2.17. The number of rotatable bonds is 3. The van der Waals surface area contributed by atoms with Crippen molar-refractivity contribution in [2.24, 2.45) is 4.99 Å². The molecule has 0 unspecified atom stereocenters. The number of isothiocyanates is 1. The van der Waals surface area contributed by atoms with Gasteiger partial charge in [0, 0.05) is 11.9 Å². The Kier molecular flexibility index (Phi) is 2.95. The summed E-state index contributed by atoms with van der Waals surface area (Å²) in [5, 5.41) is 6.40. The van der Waals surface area contributed by atoms with Crippen LogP contribution < -0.4 is 0 Å². The lowest BCUT2D eigenvalue weighted by molar-refractivity contribution is 0.610. The summed E-state index contributed by atoms with van der Waals surface area (Å²) in [6.07, 6.45) is 1.77. The maximum Gasteiger partial charge on any atom is 0.0689 e. The molecule has 11 heavy (non-hydrogen) atoms. The van der Waals surface area contributed by atoms with Crippen LogP contribution in [0.2, 0.25) is 0 Å². The van der Waals surface area contributed by atoms with Crippen molar-refractivity contribution in [3.63, 3.8) is 0 Å². The van der Waals surface area contributed by atoms with Crippen LogP contribution in [0.3, 0.4) is 0 Å². The zero-order chi connectivity index (χ0) is 8.10. The molecule has 58 valence electrons. The average Bonchev–Trinajstić information content (AvgIpc) is 2.37. The van der Waals surface area contributed by atoms with E-state index in [-0.39, 0.29) is 0 Å². The first-order chi connectivity index (χ1) is 5.34. The maximum absolute atomic E-state index is 4.43. The Hall–Kier alpha value is -0.990. The largest absolute Gasteiger partial charge is 0.268 e. The van der Waals surface area contributed by atoms with Gasteiger partial charge in [-0.1, -0.05) is 0 Å². The smallest absolute Gasteiger partial charge is 0.0689 e. The SMILES string of the molecule is Cc1ccnn1CCN=C=S. The van der Waals surface area contributed by atoms with Crippen LogP contribution in [0.4, 0.5) is 0 Å². The van der Waals surface area contributed by atoms with Gasteiger partial charge >= 0.3 is 0 Å². The van der Waals surface area contributed by atoms with Crippen LogP contribution in [0.5, 0.6) is 0 Å². The summed E-state index contributed by atoms with van der Waals surface area (Å²) in [5.74, 6) is 0. The van der Waals surface area contributed by atoms with Crippen molar-refractivity contribution in [3.05, 3.63) is 18.0 Å². The Morgan fingerprint density at radius 3 is 3.18 bits per heavy atom. The minimum Gasteiger partial charge on any atom is -0.268 e. The number of aromatic nitrogens is 2. The van der Waals surface area contributed by atoms with Crippen LogP contribution in [0.15, 0.2) is 17.3 Å². The number of aliphatic imine (C=N–C) groups is 1. The normalized spacial score (nSPS) is 9.18. The van der Waals surface area contributed by atoms with Gasteiger partial charge in [-0.2, -0.15) is 5.10 Å². The lowest BCUT2D eigenvalue weighted by atomic mass is 10.5. The predicted octanol–water partition coefficient (Wildman–Crippen LogP) is 1.29. The van der Waals surface area contributed by atoms with Gasteiger partial charge in [-0.25, -0.2) is 4.99 Å². The Morgan fingerprint density at radius 1 is 1.82 bits per heavy atom. The van der Waals surface area contributed by atoms with Gasteiger partial charge in [0.1, 0.15) is 0 Å². The summed E-state index contributed by atoms with van der Waals surface area (Å²) in [7, 11) is 0. The molecule has 0 spiro atoms. The minimum atomic E-state index is 0.659. The maximum atomic E-state index is 4.43. The van der Waals surface area contributed by atoms with E-state index in [1.54, 1.807) is 6.20 Å². The third kappa shape index (κ3) is 2.26. The Morgan fingerprint density at radius 2 is 2.64 bits per heavy atom. The lowest BCUT2D eigenvalue weighted by Crippen LogP contribution is -2.04. The molecule has 0 aliphatic heterocycles. The lowest BCUT2D eigenvalue weighted by Gasteiger charge is -1.98. The molecule has 4 heteroatoms. The van der Waals surface area contributed by atoms with E-state index in [9.17, 15) is 0 Å². The average molecular weight is 167 g/mol. The van der Waals surface area contributed by atoms with E-state index in [4.69, 9.17) is 0 Å². The van der Waals surface area contributed by atoms with Crippen LogP contribution >= 0.6 is 12.2 Å². The molecule has 1 rings (SSSR count). The molecule has 0 atom stereocenters. The van der Waals surface area contributed by atoms with Crippen LogP contribution in [-0.4, -0.2) is 21.5 Å². The fourth-order valence-corrected chi connectivity index (χ4v) is 0.915. The van der Waals surface area contributed by atoms with E-state index in [0.29, 0.717) is 6.54 Å². The monoisotopic (exact) mass is 167 g/mol. The molecule has 3 nitrogen and oxygen atoms in total. The second kappa shape index (κ2) is 4.01. The minimum absolute atomic E-state index is 0.659. The zero-order valence-electron chi connectivity index (χ0n) is 6.32. The first kappa shape index (κ1) is 8.11. The highest BCUT2D eigenvalue weighted by Crippen LogP contribution is 1.94. The second-order valence-corrected chi connectivity index (χ2v) is 2.35. The summed E-state index contributed by atoms with van der Waals surface area (Å²) in [6, 6.07) is 1.96. The van der Waals surface area contributed by atoms with Crippen molar-refractivity contribution in [1.82, 2.24) is 9.78 Å². The molecule has 1 aromatic rings. The first-order valence-corrected chi connectivity index (χ1v) is 3.77. The van der Waals surface area contributed by atoms with Gasteiger partial charge in [-0.15, -0.1) is 0 Å². The Labute approximate surface area is 70.8 Å². The van der Waals surface area contributed by atoms with Crippen molar-refractivity contribution < 1.29 is 0 Å². The van der Waals surface area contributed by atoms with Crippen LogP contribution in [0.25, 0.3) is 0 Å². The third-order valence-corrected chi connectivity index (χ3v) is 1.55. The number of nitrogens with zero attached hydrogens (tertiary/aromatic N) is 3. The molecule has 0 bridgehead atoms. The first-order valence-electron chi connectivity index (χ1n) is 3.36. The molecular formula is C7H9N3S. The quantitative estimate of drug-likeness (QED) is 0.501. The van der Waals surface area contributed by atoms with Gasteiger partial charge in [0.2, 0.25) is 0 Å².